The maximum Gasteiger partial charge on any atom is 0.238 e. The van der Waals surface area contributed by atoms with Gasteiger partial charge in [-0.3, -0.25) is 4.79 Å². The van der Waals surface area contributed by atoms with Gasteiger partial charge in [-0.05, 0) is 24.3 Å². The molecule has 1 unspecified atom stereocenters. The number of thioether (sulfide) groups is 1. The summed E-state index contributed by atoms with van der Waals surface area (Å²) < 4.78 is 0. The van der Waals surface area contributed by atoms with Crippen molar-refractivity contribution in [3.05, 3.63) is 29.3 Å². The summed E-state index contributed by atoms with van der Waals surface area (Å²) in [5, 5.41) is 6.77. The van der Waals surface area contributed by atoms with Crippen LogP contribution in [0.1, 0.15) is 0 Å². The quantitative estimate of drug-likeness (QED) is 0.850. The van der Waals surface area contributed by atoms with Gasteiger partial charge in [0.15, 0.2) is 0 Å². The van der Waals surface area contributed by atoms with Crippen LogP contribution in [0.3, 0.4) is 0 Å². The Morgan fingerprint density at radius 3 is 2.81 bits per heavy atom. The van der Waals surface area contributed by atoms with Crippen LogP contribution in [0.25, 0.3) is 0 Å². The molecule has 1 fully saturated rings. The van der Waals surface area contributed by atoms with Crippen LogP contribution in [-0.4, -0.2) is 30.0 Å². The first-order valence-corrected chi connectivity index (χ1v) is 6.57. The van der Waals surface area contributed by atoms with Gasteiger partial charge in [0.05, 0.1) is 5.25 Å². The first kappa shape index (κ1) is 11.8. The van der Waals surface area contributed by atoms with Crippen molar-refractivity contribution in [2.24, 2.45) is 0 Å². The van der Waals surface area contributed by atoms with Crippen molar-refractivity contribution in [3.63, 3.8) is 0 Å². The van der Waals surface area contributed by atoms with Crippen molar-refractivity contribution < 1.29 is 4.79 Å². The van der Waals surface area contributed by atoms with Gasteiger partial charge in [-0.2, -0.15) is 0 Å². The highest BCUT2D eigenvalue weighted by atomic mass is 35.5. The summed E-state index contributed by atoms with van der Waals surface area (Å²) in [5.41, 5.74) is 0.792. The van der Waals surface area contributed by atoms with E-state index in [1.807, 2.05) is 0 Å². The van der Waals surface area contributed by atoms with Crippen LogP contribution in [0.5, 0.6) is 0 Å². The predicted molar refractivity (Wildman–Crippen MR) is 69.2 cm³/mol. The zero-order valence-corrected chi connectivity index (χ0v) is 10.3. The Labute approximate surface area is 104 Å². The molecule has 0 radical (unpaired) electrons. The van der Waals surface area contributed by atoms with E-state index in [2.05, 4.69) is 10.6 Å². The van der Waals surface area contributed by atoms with Gasteiger partial charge in [-0.1, -0.05) is 11.6 Å². The number of carbonyl (C=O) groups excluding carboxylic acids is 1. The summed E-state index contributed by atoms with van der Waals surface area (Å²) in [4.78, 5) is 11.8. The van der Waals surface area contributed by atoms with Crippen LogP contribution < -0.4 is 10.6 Å². The zero-order valence-electron chi connectivity index (χ0n) is 8.70. The molecule has 1 heterocycles. The number of hydrogen-bond acceptors (Lipinski definition) is 3. The lowest BCUT2D eigenvalue weighted by Crippen LogP contribution is -2.40. The molecule has 0 spiro atoms. The lowest BCUT2D eigenvalue weighted by molar-refractivity contribution is -0.115. The largest absolute Gasteiger partial charge is 0.325 e. The number of nitrogens with one attached hydrogen (secondary N) is 2. The van der Waals surface area contributed by atoms with Crippen molar-refractivity contribution >= 4 is 35.0 Å². The summed E-state index contributed by atoms with van der Waals surface area (Å²) in [7, 11) is 0. The van der Waals surface area contributed by atoms with Gasteiger partial charge >= 0.3 is 0 Å². The second-order valence-corrected chi connectivity index (χ2v) is 5.31. The summed E-state index contributed by atoms with van der Waals surface area (Å²) in [6.45, 7) is 1.72. The SMILES string of the molecule is O=C(Nc1ccc(Cl)cc1)C1CNCCS1. The van der Waals surface area contributed by atoms with E-state index in [4.69, 9.17) is 11.6 Å². The van der Waals surface area contributed by atoms with E-state index in [1.165, 1.54) is 0 Å². The molecule has 2 N–H and O–H groups in total. The smallest absolute Gasteiger partial charge is 0.238 e. The Hall–Kier alpha value is -0.710. The number of carbonyl (C=O) groups is 1. The Morgan fingerprint density at radius 2 is 2.19 bits per heavy atom. The molecule has 5 heteroatoms. The molecule has 1 amide bonds. The Bertz CT molecular complexity index is 363. The van der Waals surface area contributed by atoms with Gasteiger partial charge in [0, 0.05) is 29.6 Å². The molecule has 0 bridgehead atoms. The molecule has 1 aromatic carbocycles. The third kappa shape index (κ3) is 3.14. The Kier molecular flexibility index (Phi) is 4.09. The van der Waals surface area contributed by atoms with Crippen LogP contribution in [0.2, 0.25) is 5.02 Å². The van der Waals surface area contributed by atoms with E-state index >= 15 is 0 Å². The summed E-state index contributed by atoms with van der Waals surface area (Å²) in [6, 6.07) is 7.15. The summed E-state index contributed by atoms with van der Waals surface area (Å²) in [5.74, 6) is 1.04. The van der Waals surface area contributed by atoms with Gasteiger partial charge in [0.1, 0.15) is 0 Å². The lowest BCUT2D eigenvalue weighted by Gasteiger charge is -2.21. The number of hydrogen-bond donors (Lipinski definition) is 2. The fraction of sp³-hybridized carbons (Fsp3) is 0.364. The van der Waals surface area contributed by atoms with Gasteiger partial charge in [-0.25, -0.2) is 0 Å². The second-order valence-electron chi connectivity index (χ2n) is 3.56. The maximum absolute atomic E-state index is 11.8. The van der Waals surface area contributed by atoms with E-state index in [9.17, 15) is 4.79 Å². The van der Waals surface area contributed by atoms with Crippen molar-refractivity contribution in [2.45, 2.75) is 5.25 Å². The van der Waals surface area contributed by atoms with Crippen LogP contribution >= 0.6 is 23.4 Å². The van der Waals surface area contributed by atoms with E-state index in [0.717, 1.165) is 24.5 Å². The highest BCUT2D eigenvalue weighted by Gasteiger charge is 2.21. The molecule has 1 atom stereocenters. The fourth-order valence-corrected chi connectivity index (χ4v) is 2.61. The van der Waals surface area contributed by atoms with Gasteiger partial charge in [-0.15, -0.1) is 11.8 Å². The molecule has 0 saturated carbocycles. The van der Waals surface area contributed by atoms with E-state index in [-0.39, 0.29) is 11.2 Å². The highest BCUT2D eigenvalue weighted by molar-refractivity contribution is 8.00. The molecule has 1 saturated heterocycles. The minimum absolute atomic E-state index is 0.00410. The molecular formula is C11H13ClN2OS. The monoisotopic (exact) mass is 256 g/mol. The average Bonchev–Trinajstić information content (AvgIpc) is 2.33. The van der Waals surface area contributed by atoms with Gasteiger partial charge < -0.3 is 10.6 Å². The van der Waals surface area contributed by atoms with Crippen molar-refractivity contribution in [2.75, 3.05) is 24.2 Å². The maximum atomic E-state index is 11.8. The lowest BCUT2D eigenvalue weighted by atomic mass is 10.3. The van der Waals surface area contributed by atoms with Gasteiger partial charge in [0.25, 0.3) is 0 Å². The molecule has 0 aliphatic carbocycles. The predicted octanol–water partition coefficient (Wildman–Crippen LogP) is 1.98. The van der Waals surface area contributed by atoms with E-state index in [1.54, 1.807) is 36.0 Å². The molecule has 3 nitrogen and oxygen atoms in total. The van der Waals surface area contributed by atoms with Crippen LogP contribution in [-0.2, 0) is 4.79 Å². The molecular weight excluding hydrogens is 244 g/mol. The van der Waals surface area contributed by atoms with Gasteiger partial charge in [0.2, 0.25) is 5.91 Å². The zero-order chi connectivity index (χ0) is 11.4. The summed E-state index contributed by atoms with van der Waals surface area (Å²) >= 11 is 7.46. The molecule has 1 aromatic rings. The molecule has 0 aromatic heterocycles. The number of benzene rings is 1. The average molecular weight is 257 g/mol. The fourth-order valence-electron chi connectivity index (χ4n) is 1.49. The third-order valence-corrected chi connectivity index (χ3v) is 3.81. The molecule has 86 valence electrons. The van der Waals surface area contributed by atoms with Crippen LogP contribution in [0, 0.1) is 0 Å². The van der Waals surface area contributed by atoms with Crippen molar-refractivity contribution in [1.29, 1.82) is 0 Å². The number of amides is 1. The topological polar surface area (TPSA) is 41.1 Å². The van der Waals surface area contributed by atoms with Crippen LogP contribution in [0.4, 0.5) is 5.69 Å². The number of anilines is 1. The molecule has 1 aliphatic rings. The molecule has 16 heavy (non-hydrogen) atoms. The first-order valence-electron chi connectivity index (χ1n) is 5.14. The minimum Gasteiger partial charge on any atom is -0.325 e. The third-order valence-electron chi connectivity index (χ3n) is 2.33. The molecule has 1 aliphatic heterocycles. The highest BCUT2D eigenvalue weighted by Crippen LogP contribution is 2.17. The van der Waals surface area contributed by atoms with E-state index in [0.29, 0.717) is 5.02 Å². The first-order chi connectivity index (χ1) is 7.75. The number of halogens is 1. The Balaban J connectivity index is 1.93. The minimum atomic E-state index is 0.00410. The molecule has 2 rings (SSSR count). The Morgan fingerprint density at radius 1 is 1.44 bits per heavy atom. The van der Waals surface area contributed by atoms with Crippen molar-refractivity contribution in [3.8, 4) is 0 Å². The number of rotatable bonds is 2. The van der Waals surface area contributed by atoms with Crippen LogP contribution in [0.15, 0.2) is 24.3 Å². The summed E-state index contributed by atoms with van der Waals surface area (Å²) in [6.07, 6.45) is 0. The second kappa shape index (κ2) is 5.57. The van der Waals surface area contributed by atoms with Crippen molar-refractivity contribution in [1.82, 2.24) is 5.32 Å². The normalized spacial score (nSPS) is 20.4. The standard InChI is InChI=1S/C11H13ClN2OS/c12-8-1-3-9(4-2-8)14-11(15)10-7-13-5-6-16-10/h1-4,10,13H,5-7H2,(H,14,15). The van der Waals surface area contributed by atoms with E-state index < -0.39 is 0 Å².